The fourth-order valence-electron chi connectivity index (χ4n) is 2.53. The van der Waals surface area contributed by atoms with Crippen LogP contribution in [0.1, 0.15) is 30.1 Å². The molecule has 0 aliphatic carbocycles. The van der Waals surface area contributed by atoms with Crippen molar-refractivity contribution in [2.75, 3.05) is 18.8 Å². The third-order valence-electron chi connectivity index (χ3n) is 3.51. The van der Waals surface area contributed by atoms with Gasteiger partial charge in [0.1, 0.15) is 5.82 Å². The minimum atomic E-state index is -4.51. The van der Waals surface area contributed by atoms with Crippen molar-refractivity contribution in [2.45, 2.75) is 24.9 Å². The summed E-state index contributed by atoms with van der Waals surface area (Å²) in [6.45, 7) is 1.69. The standard InChI is InChI=1S/C12H14F3N5/c13-12(14,15)9-6-10(16)18-11-5-8(19-20(9)11)7-1-3-17-4-2-7/h5-7,17H,1-4H2,(H2,16,18). The van der Waals surface area contributed by atoms with Crippen molar-refractivity contribution in [1.82, 2.24) is 19.9 Å². The quantitative estimate of drug-likeness (QED) is 0.838. The zero-order chi connectivity index (χ0) is 14.3. The predicted molar refractivity (Wildman–Crippen MR) is 67.2 cm³/mol. The van der Waals surface area contributed by atoms with E-state index in [9.17, 15) is 13.2 Å². The minimum absolute atomic E-state index is 0.144. The summed E-state index contributed by atoms with van der Waals surface area (Å²) in [6, 6.07) is 2.41. The van der Waals surface area contributed by atoms with E-state index in [0.717, 1.165) is 36.5 Å². The smallest absolute Gasteiger partial charge is 0.384 e. The molecule has 1 fully saturated rings. The third kappa shape index (κ3) is 2.31. The number of rotatable bonds is 1. The molecule has 3 heterocycles. The van der Waals surface area contributed by atoms with E-state index in [1.807, 2.05) is 0 Å². The molecule has 0 atom stereocenters. The van der Waals surface area contributed by atoms with Gasteiger partial charge in [-0.05, 0) is 25.9 Å². The molecule has 20 heavy (non-hydrogen) atoms. The number of piperidine rings is 1. The summed E-state index contributed by atoms with van der Waals surface area (Å²) >= 11 is 0. The van der Waals surface area contributed by atoms with Crippen LogP contribution in [0.4, 0.5) is 19.0 Å². The Kier molecular flexibility index (Phi) is 3.04. The molecule has 2 aromatic heterocycles. The number of nitrogens with one attached hydrogen (secondary N) is 1. The van der Waals surface area contributed by atoms with Gasteiger partial charge in [-0.1, -0.05) is 0 Å². The molecule has 8 heteroatoms. The first-order valence-corrected chi connectivity index (χ1v) is 6.39. The Balaban J connectivity index is 2.10. The number of aromatic nitrogens is 3. The molecule has 0 bridgehead atoms. The summed E-state index contributed by atoms with van der Waals surface area (Å²) in [7, 11) is 0. The zero-order valence-corrected chi connectivity index (χ0v) is 10.6. The van der Waals surface area contributed by atoms with E-state index in [0.29, 0.717) is 5.69 Å². The van der Waals surface area contributed by atoms with Crippen LogP contribution in [-0.2, 0) is 6.18 Å². The fraction of sp³-hybridized carbons (Fsp3) is 0.500. The molecule has 0 saturated carbocycles. The molecular formula is C12H14F3N5. The summed E-state index contributed by atoms with van der Waals surface area (Å²) in [5, 5.41) is 7.31. The van der Waals surface area contributed by atoms with Crippen LogP contribution in [0.15, 0.2) is 12.1 Å². The average molecular weight is 285 g/mol. The van der Waals surface area contributed by atoms with Crippen molar-refractivity contribution in [3.8, 4) is 0 Å². The van der Waals surface area contributed by atoms with Gasteiger partial charge in [0.05, 0.1) is 5.69 Å². The first-order chi connectivity index (χ1) is 9.45. The molecule has 0 unspecified atom stereocenters. The van der Waals surface area contributed by atoms with E-state index >= 15 is 0 Å². The zero-order valence-electron chi connectivity index (χ0n) is 10.6. The molecule has 0 amide bonds. The van der Waals surface area contributed by atoms with Gasteiger partial charge in [0.2, 0.25) is 0 Å². The van der Waals surface area contributed by atoms with Crippen LogP contribution in [0.3, 0.4) is 0 Å². The SMILES string of the molecule is Nc1cc(C(F)(F)F)n2nc(C3CCNCC3)cc2n1. The number of halogens is 3. The monoisotopic (exact) mass is 285 g/mol. The van der Waals surface area contributed by atoms with Crippen molar-refractivity contribution < 1.29 is 13.2 Å². The molecule has 3 rings (SSSR count). The summed E-state index contributed by atoms with van der Waals surface area (Å²) in [6.07, 6.45) is -2.78. The first kappa shape index (κ1) is 13.2. The van der Waals surface area contributed by atoms with Crippen molar-refractivity contribution in [3.63, 3.8) is 0 Å². The summed E-state index contributed by atoms with van der Waals surface area (Å²) in [4.78, 5) is 3.93. The van der Waals surface area contributed by atoms with Gasteiger partial charge in [-0.15, -0.1) is 0 Å². The highest BCUT2D eigenvalue weighted by Gasteiger charge is 2.35. The van der Waals surface area contributed by atoms with Gasteiger partial charge in [0, 0.05) is 18.1 Å². The average Bonchev–Trinajstić information content (AvgIpc) is 2.81. The lowest BCUT2D eigenvalue weighted by atomic mass is 9.95. The summed E-state index contributed by atoms with van der Waals surface area (Å²) < 4.78 is 39.8. The molecule has 1 aliphatic heterocycles. The molecule has 5 nitrogen and oxygen atoms in total. The number of hydrogen-bond acceptors (Lipinski definition) is 4. The van der Waals surface area contributed by atoms with Gasteiger partial charge in [0.25, 0.3) is 0 Å². The maximum atomic E-state index is 13.0. The van der Waals surface area contributed by atoms with Gasteiger partial charge in [0.15, 0.2) is 11.3 Å². The Hall–Kier alpha value is -1.83. The number of alkyl halides is 3. The molecule has 0 aromatic carbocycles. The van der Waals surface area contributed by atoms with E-state index in [1.54, 1.807) is 6.07 Å². The number of nitrogen functional groups attached to an aromatic ring is 1. The Bertz CT molecular complexity index is 628. The van der Waals surface area contributed by atoms with E-state index in [2.05, 4.69) is 15.4 Å². The largest absolute Gasteiger partial charge is 0.433 e. The molecule has 0 radical (unpaired) electrons. The van der Waals surface area contributed by atoms with E-state index < -0.39 is 11.9 Å². The normalized spacial score (nSPS) is 17.8. The molecule has 2 aromatic rings. The van der Waals surface area contributed by atoms with Crippen molar-refractivity contribution in [3.05, 3.63) is 23.5 Å². The Labute approximate surface area is 113 Å². The molecule has 108 valence electrons. The molecule has 0 spiro atoms. The highest BCUT2D eigenvalue weighted by molar-refractivity contribution is 5.48. The van der Waals surface area contributed by atoms with Gasteiger partial charge in [-0.2, -0.15) is 18.3 Å². The molecule has 3 N–H and O–H groups in total. The Morgan fingerprint density at radius 1 is 1.25 bits per heavy atom. The lowest BCUT2D eigenvalue weighted by Gasteiger charge is -2.20. The lowest BCUT2D eigenvalue weighted by Crippen LogP contribution is -2.26. The maximum Gasteiger partial charge on any atom is 0.433 e. The first-order valence-electron chi connectivity index (χ1n) is 6.39. The topological polar surface area (TPSA) is 68.2 Å². The number of hydrogen-bond donors (Lipinski definition) is 2. The van der Waals surface area contributed by atoms with Gasteiger partial charge < -0.3 is 11.1 Å². The van der Waals surface area contributed by atoms with Crippen LogP contribution in [0.2, 0.25) is 0 Å². The Morgan fingerprint density at radius 2 is 1.95 bits per heavy atom. The van der Waals surface area contributed by atoms with Crippen LogP contribution in [-0.4, -0.2) is 27.7 Å². The van der Waals surface area contributed by atoms with Gasteiger partial charge >= 0.3 is 6.18 Å². The van der Waals surface area contributed by atoms with Crippen LogP contribution < -0.4 is 11.1 Å². The molecule has 1 aliphatic rings. The second kappa shape index (κ2) is 4.62. The van der Waals surface area contributed by atoms with Crippen LogP contribution in [0.25, 0.3) is 5.65 Å². The molecular weight excluding hydrogens is 271 g/mol. The number of fused-ring (bicyclic) bond motifs is 1. The van der Waals surface area contributed by atoms with Crippen molar-refractivity contribution >= 4 is 11.5 Å². The fourth-order valence-corrected chi connectivity index (χ4v) is 2.53. The third-order valence-corrected chi connectivity index (χ3v) is 3.51. The Morgan fingerprint density at radius 3 is 2.60 bits per heavy atom. The van der Waals surface area contributed by atoms with E-state index in [-0.39, 0.29) is 17.4 Å². The predicted octanol–water partition coefficient (Wildman–Crippen LogP) is 1.80. The van der Waals surface area contributed by atoms with E-state index in [1.165, 1.54) is 0 Å². The van der Waals surface area contributed by atoms with E-state index in [4.69, 9.17) is 5.73 Å². The minimum Gasteiger partial charge on any atom is -0.384 e. The summed E-state index contributed by atoms with van der Waals surface area (Å²) in [5.74, 6) is 0.0156. The second-order valence-electron chi connectivity index (χ2n) is 4.93. The van der Waals surface area contributed by atoms with Crippen molar-refractivity contribution in [2.24, 2.45) is 0 Å². The van der Waals surface area contributed by atoms with Gasteiger partial charge in [-0.3, -0.25) is 0 Å². The summed E-state index contributed by atoms with van der Waals surface area (Å²) in [5.41, 5.74) is 5.35. The van der Waals surface area contributed by atoms with Gasteiger partial charge in [-0.25, -0.2) is 9.50 Å². The second-order valence-corrected chi connectivity index (χ2v) is 4.93. The highest BCUT2D eigenvalue weighted by Crippen LogP contribution is 2.32. The van der Waals surface area contributed by atoms with Crippen molar-refractivity contribution in [1.29, 1.82) is 0 Å². The maximum absolute atomic E-state index is 13.0. The van der Waals surface area contributed by atoms with Crippen LogP contribution in [0, 0.1) is 0 Å². The van der Waals surface area contributed by atoms with Crippen LogP contribution in [0.5, 0.6) is 0 Å². The lowest BCUT2D eigenvalue weighted by molar-refractivity contribution is -0.142. The molecule has 1 saturated heterocycles. The number of nitrogens with zero attached hydrogens (tertiary/aromatic N) is 3. The number of nitrogens with two attached hydrogens (primary N) is 1. The van der Waals surface area contributed by atoms with Crippen LogP contribution >= 0.6 is 0 Å². The number of anilines is 1. The highest BCUT2D eigenvalue weighted by atomic mass is 19.4.